The molecule has 4 heteroatoms. The number of aliphatic hydroxyl groups excluding tert-OH is 1. The molecule has 0 aliphatic carbocycles. The van der Waals surface area contributed by atoms with Crippen LogP contribution in [0.1, 0.15) is 37.4 Å². The predicted molar refractivity (Wildman–Crippen MR) is 80.6 cm³/mol. The van der Waals surface area contributed by atoms with Crippen LogP contribution in [0.25, 0.3) is 0 Å². The first-order valence-electron chi connectivity index (χ1n) is 7.34. The zero-order valence-electron chi connectivity index (χ0n) is 11.6. The van der Waals surface area contributed by atoms with Crippen LogP contribution in [0.4, 0.5) is 0 Å². The first-order valence-corrected chi connectivity index (χ1v) is 8.14. The standard InChI is InChI=1S/C16H21BrO3/c17-14-4-2-1-3-13(14)15(18)12-5-8-20-16(11-12)6-9-19-10-7-16/h1-4,12,15,18H,5-11H2. The third kappa shape index (κ3) is 2.93. The summed E-state index contributed by atoms with van der Waals surface area (Å²) in [5.41, 5.74) is 0.922. The van der Waals surface area contributed by atoms with Gasteiger partial charge in [-0.1, -0.05) is 34.1 Å². The molecule has 0 radical (unpaired) electrons. The van der Waals surface area contributed by atoms with E-state index in [0.717, 1.165) is 55.5 Å². The Morgan fingerprint density at radius 3 is 2.70 bits per heavy atom. The van der Waals surface area contributed by atoms with Gasteiger partial charge >= 0.3 is 0 Å². The van der Waals surface area contributed by atoms with Crippen molar-refractivity contribution >= 4 is 15.9 Å². The second-order valence-corrected chi connectivity index (χ2v) is 6.72. The summed E-state index contributed by atoms with van der Waals surface area (Å²) < 4.78 is 12.5. The van der Waals surface area contributed by atoms with E-state index in [1.807, 2.05) is 24.3 Å². The molecule has 2 aliphatic rings. The fourth-order valence-corrected chi connectivity index (χ4v) is 3.92. The highest BCUT2D eigenvalue weighted by Crippen LogP contribution is 2.42. The summed E-state index contributed by atoms with van der Waals surface area (Å²) in [5.74, 6) is 0.264. The molecule has 2 fully saturated rings. The van der Waals surface area contributed by atoms with Gasteiger partial charge in [0, 0.05) is 24.3 Å². The van der Waals surface area contributed by atoms with Gasteiger partial charge < -0.3 is 14.6 Å². The highest BCUT2D eigenvalue weighted by Gasteiger charge is 2.41. The molecular weight excluding hydrogens is 320 g/mol. The van der Waals surface area contributed by atoms with E-state index in [0.29, 0.717) is 0 Å². The maximum atomic E-state index is 10.7. The minimum atomic E-state index is -0.422. The Hall–Kier alpha value is -0.420. The Kier molecular flexibility index (Phi) is 4.46. The maximum Gasteiger partial charge on any atom is 0.0831 e. The molecule has 20 heavy (non-hydrogen) atoms. The minimum absolute atomic E-state index is 0.0661. The van der Waals surface area contributed by atoms with Crippen molar-refractivity contribution in [2.24, 2.45) is 5.92 Å². The van der Waals surface area contributed by atoms with Gasteiger partial charge in [0.05, 0.1) is 11.7 Å². The first kappa shape index (κ1) is 14.5. The molecule has 2 saturated heterocycles. The number of halogens is 1. The lowest BCUT2D eigenvalue weighted by atomic mass is 9.77. The second-order valence-electron chi connectivity index (χ2n) is 5.86. The summed E-state index contributed by atoms with van der Waals surface area (Å²) in [7, 11) is 0. The molecule has 3 nitrogen and oxygen atoms in total. The average Bonchev–Trinajstić information content (AvgIpc) is 2.48. The second kappa shape index (κ2) is 6.14. The van der Waals surface area contributed by atoms with Gasteiger partial charge in [-0.05, 0) is 43.2 Å². The Morgan fingerprint density at radius 2 is 1.95 bits per heavy atom. The van der Waals surface area contributed by atoms with Crippen molar-refractivity contribution in [3.8, 4) is 0 Å². The number of hydrogen-bond donors (Lipinski definition) is 1. The smallest absolute Gasteiger partial charge is 0.0831 e. The molecule has 1 aromatic carbocycles. The predicted octanol–water partition coefficient (Wildman–Crippen LogP) is 3.46. The summed E-state index contributed by atoms with van der Waals surface area (Å²) in [6.07, 6.45) is 3.33. The molecule has 0 bridgehead atoms. The fourth-order valence-electron chi connectivity index (χ4n) is 3.40. The molecule has 1 aromatic rings. The van der Waals surface area contributed by atoms with Crippen LogP contribution in [0.2, 0.25) is 0 Å². The Bertz CT molecular complexity index is 451. The average molecular weight is 341 g/mol. The molecule has 2 aliphatic heterocycles. The van der Waals surface area contributed by atoms with E-state index in [4.69, 9.17) is 9.47 Å². The molecule has 0 aromatic heterocycles. The largest absolute Gasteiger partial charge is 0.388 e. The zero-order chi connectivity index (χ0) is 14.0. The van der Waals surface area contributed by atoms with Crippen LogP contribution >= 0.6 is 15.9 Å². The number of rotatable bonds is 2. The lowest BCUT2D eigenvalue weighted by molar-refractivity contribution is -0.159. The molecule has 1 spiro atoms. The van der Waals surface area contributed by atoms with Crippen molar-refractivity contribution in [2.75, 3.05) is 19.8 Å². The summed E-state index contributed by atoms with van der Waals surface area (Å²) in [4.78, 5) is 0. The summed E-state index contributed by atoms with van der Waals surface area (Å²) in [6, 6.07) is 7.94. The van der Waals surface area contributed by atoms with Gasteiger partial charge in [0.2, 0.25) is 0 Å². The highest BCUT2D eigenvalue weighted by molar-refractivity contribution is 9.10. The molecule has 2 heterocycles. The van der Waals surface area contributed by atoms with E-state index in [-0.39, 0.29) is 11.5 Å². The van der Waals surface area contributed by atoms with Crippen LogP contribution in [0.5, 0.6) is 0 Å². The van der Waals surface area contributed by atoms with Gasteiger partial charge in [0.15, 0.2) is 0 Å². The van der Waals surface area contributed by atoms with E-state index in [2.05, 4.69) is 15.9 Å². The van der Waals surface area contributed by atoms with Gasteiger partial charge in [0.1, 0.15) is 0 Å². The monoisotopic (exact) mass is 340 g/mol. The van der Waals surface area contributed by atoms with Gasteiger partial charge in [-0.2, -0.15) is 0 Å². The first-order chi connectivity index (χ1) is 9.70. The van der Waals surface area contributed by atoms with Gasteiger partial charge in [-0.3, -0.25) is 0 Å². The van der Waals surface area contributed by atoms with Crippen LogP contribution < -0.4 is 0 Å². The molecular formula is C16H21BrO3. The summed E-state index contributed by atoms with van der Waals surface area (Å²) in [5, 5.41) is 10.7. The van der Waals surface area contributed by atoms with Gasteiger partial charge in [-0.15, -0.1) is 0 Å². The van der Waals surface area contributed by atoms with Crippen molar-refractivity contribution < 1.29 is 14.6 Å². The van der Waals surface area contributed by atoms with Crippen molar-refractivity contribution in [2.45, 2.75) is 37.4 Å². The number of aliphatic hydroxyl groups is 1. The normalized spacial score (nSPS) is 27.4. The summed E-state index contributed by atoms with van der Waals surface area (Å²) in [6.45, 7) is 2.29. The van der Waals surface area contributed by atoms with Crippen LogP contribution in [-0.2, 0) is 9.47 Å². The lowest BCUT2D eigenvalue weighted by Gasteiger charge is -2.44. The minimum Gasteiger partial charge on any atom is -0.388 e. The molecule has 1 N–H and O–H groups in total. The number of hydrogen-bond acceptors (Lipinski definition) is 3. The third-order valence-electron chi connectivity index (χ3n) is 4.61. The zero-order valence-corrected chi connectivity index (χ0v) is 13.1. The Balaban J connectivity index is 1.75. The van der Waals surface area contributed by atoms with Crippen LogP contribution in [0.15, 0.2) is 28.7 Å². The fraction of sp³-hybridized carbons (Fsp3) is 0.625. The third-order valence-corrected chi connectivity index (χ3v) is 5.33. The van der Waals surface area contributed by atoms with Gasteiger partial charge in [0.25, 0.3) is 0 Å². The topological polar surface area (TPSA) is 38.7 Å². The van der Waals surface area contributed by atoms with Crippen molar-refractivity contribution in [3.63, 3.8) is 0 Å². The molecule has 2 atom stereocenters. The quantitative estimate of drug-likeness (QED) is 0.895. The Morgan fingerprint density at radius 1 is 1.20 bits per heavy atom. The molecule has 0 amide bonds. The number of ether oxygens (including phenoxy) is 2. The molecule has 2 unspecified atom stereocenters. The summed E-state index contributed by atoms with van der Waals surface area (Å²) >= 11 is 3.54. The maximum absolute atomic E-state index is 10.7. The SMILES string of the molecule is OC(c1ccccc1Br)C1CCOC2(CCOCC2)C1. The van der Waals surface area contributed by atoms with Crippen molar-refractivity contribution in [1.29, 1.82) is 0 Å². The van der Waals surface area contributed by atoms with Crippen molar-refractivity contribution in [3.05, 3.63) is 34.3 Å². The van der Waals surface area contributed by atoms with Crippen LogP contribution in [0, 0.1) is 5.92 Å². The highest BCUT2D eigenvalue weighted by atomic mass is 79.9. The number of benzene rings is 1. The van der Waals surface area contributed by atoms with E-state index in [9.17, 15) is 5.11 Å². The van der Waals surface area contributed by atoms with E-state index in [1.54, 1.807) is 0 Å². The van der Waals surface area contributed by atoms with E-state index < -0.39 is 6.10 Å². The van der Waals surface area contributed by atoms with E-state index in [1.165, 1.54) is 0 Å². The molecule has 110 valence electrons. The Labute approximate surface area is 128 Å². The lowest BCUT2D eigenvalue weighted by Crippen LogP contribution is -2.45. The van der Waals surface area contributed by atoms with Crippen LogP contribution in [0.3, 0.4) is 0 Å². The van der Waals surface area contributed by atoms with E-state index >= 15 is 0 Å². The van der Waals surface area contributed by atoms with Crippen molar-refractivity contribution in [1.82, 2.24) is 0 Å². The van der Waals surface area contributed by atoms with Crippen LogP contribution in [-0.4, -0.2) is 30.5 Å². The molecule has 0 saturated carbocycles. The van der Waals surface area contributed by atoms with Gasteiger partial charge in [-0.25, -0.2) is 0 Å². The molecule has 3 rings (SSSR count).